The monoisotopic (exact) mass is 524 g/mol. The van der Waals surface area contributed by atoms with Gasteiger partial charge in [-0.05, 0) is 23.3 Å². The zero-order chi connectivity index (χ0) is 27.4. The third kappa shape index (κ3) is 5.00. The highest BCUT2D eigenvalue weighted by molar-refractivity contribution is 6.11. The van der Waals surface area contributed by atoms with E-state index in [1.54, 1.807) is 66.1 Å². The smallest absolute Gasteiger partial charge is 0.420 e. The van der Waals surface area contributed by atoms with Gasteiger partial charge in [-0.1, -0.05) is 60.7 Å². The van der Waals surface area contributed by atoms with Crippen LogP contribution in [-0.2, 0) is 10.9 Å². The number of benzene rings is 3. The van der Waals surface area contributed by atoms with E-state index in [0.29, 0.717) is 22.3 Å². The minimum atomic E-state index is -5.11. The quantitative estimate of drug-likeness (QED) is 0.116. The molecule has 0 saturated heterocycles. The second kappa shape index (κ2) is 10.6. The molecule has 0 saturated carbocycles. The number of rotatable bonds is 6. The average Bonchev–Trinajstić information content (AvgIpc) is 3.37. The number of nitrogens with one attached hydrogen (secondary N) is 1. The molecular weight excluding hydrogens is 505 g/mol. The van der Waals surface area contributed by atoms with E-state index in [-0.39, 0.29) is 5.76 Å². The van der Waals surface area contributed by atoms with Gasteiger partial charge >= 0.3 is 18.1 Å². The van der Waals surface area contributed by atoms with E-state index in [1.807, 2.05) is 0 Å². The molecule has 0 aliphatic rings. The Bertz CT molecular complexity index is 1500. The van der Waals surface area contributed by atoms with Crippen molar-refractivity contribution in [2.45, 2.75) is 6.18 Å². The molecule has 0 atom stereocenters. The summed E-state index contributed by atoms with van der Waals surface area (Å²) in [6, 6.07) is 19.3. The van der Waals surface area contributed by atoms with Crippen LogP contribution < -0.4 is 16.0 Å². The molecule has 3 N–H and O–H groups in total. The van der Waals surface area contributed by atoms with Gasteiger partial charge in [-0.2, -0.15) is 13.2 Å². The topological polar surface area (TPSA) is 121 Å². The zero-order valence-electron chi connectivity index (χ0n) is 19.7. The fourth-order valence-corrected chi connectivity index (χ4v) is 3.93. The van der Waals surface area contributed by atoms with Gasteiger partial charge in [0, 0.05) is 11.1 Å². The van der Waals surface area contributed by atoms with Crippen LogP contribution in [0, 0.1) is 0 Å². The number of furan rings is 1. The van der Waals surface area contributed by atoms with E-state index < -0.39 is 46.5 Å². The lowest BCUT2D eigenvalue weighted by Gasteiger charge is -2.18. The number of ether oxygens (including phenoxy) is 2. The highest BCUT2D eigenvalue weighted by atomic mass is 19.4. The molecule has 1 aromatic heterocycles. The van der Waals surface area contributed by atoms with Gasteiger partial charge in [-0.3, -0.25) is 10.2 Å². The van der Waals surface area contributed by atoms with Crippen LogP contribution in [0.2, 0.25) is 0 Å². The maximum Gasteiger partial charge on any atom is 0.420 e. The molecule has 0 bridgehead atoms. The second-order valence-electron chi connectivity index (χ2n) is 7.80. The summed E-state index contributed by atoms with van der Waals surface area (Å²) in [7, 11) is 0.961. The van der Waals surface area contributed by atoms with Crippen LogP contribution in [0.1, 0.15) is 36.8 Å². The number of hydrogen-bond donors (Lipinski definition) is 2. The van der Waals surface area contributed by atoms with Gasteiger partial charge in [-0.15, -0.1) is 0 Å². The summed E-state index contributed by atoms with van der Waals surface area (Å²) in [5.74, 6) is -0.273. The van der Waals surface area contributed by atoms with Crippen LogP contribution in [0.4, 0.5) is 13.2 Å². The van der Waals surface area contributed by atoms with Gasteiger partial charge in [0.05, 0.1) is 18.2 Å². The highest BCUT2D eigenvalue weighted by Crippen LogP contribution is 2.41. The van der Waals surface area contributed by atoms with Crippen molar-refractivity contribution >= 4 is 17.8 Å². The Morgan fingerprint density at radius 2 is 1.47 bits per heavy atom. The minimum absolute atomic E-state index is 0.306. The molecule has 4 aromatic rings. The molecule has 194 valence electrons. The van der Waals surface area contributed by atoms with Crippen LogP contribution in [0.5, 0.6) is 5.75 Å². The van der Waals surface area contributed by atoms with Gasteiger partial charge in [0.25, 0.3) is 5.91 Å². The van der Waals surface area contributed by atoms with Crippen molar-refractivity contribution in [1.29, 1.82) is 0 Å². The van der Waals surface area contributed by atoms with E-state index in [1.165, 1.54) is 6.26 Å². The molecule has 11 heteroatoms. The number of nitrogens with two attached hydrogens (primary N) is 1. The van der Waals surface area contributed by atoms with E-state index in [4.69, 9.17) is 19.7 Å². The molecule has 4 rings (SSSR count). The van der Waals surface area contributed by atoms with Gasteiger partial charge in [0.1, 0.15) is 17.6 Å². The zero-order valence-corrected chi connectivity index (χ0v) is 19.7. The Morgan fingerprint density at radius 1 is 0.868 bits per heavy atom. The van der Waals surface area contributed by atoms with E-state index in [0.717, 1.165) is 19.2 Å². The summed E-state index contributed by atoms with van der Waals surface area (Å²) in [4.78, 5) is 38.4. The summed E-state index contributed by atoms with van der Waals surface area (Å²) >= 11 is 0. The number of carbonyl (C=O) groups is 3. The Kier molecular flexibility index (Phi) is 7.31. The number of alkyl halides is 3. The maximum atomic E-state index is 13.8. The van der Waals surface area contributed by atoms with Crippen LogP contribution in [-0.4, -0.2) is 25.0 Å². The molecule has 38 heavy (non-hydrogen) atoms. The Hall–Kier alpha value is -4.90. The number of esters is 2. The van der Waals surface area contributed by atoms with Crippen LogP contribution in [0.3, 0.4) is 0 Å². The van der Waals surface area contributed by atoms with Crippen molar-refractivity contribution < 1.29 is 41.4 Å². The van der Waals surface area contributed by atoms with Crippen molar-refractivity contribution in [3.63, 3.8) is 0 Å². The van der Waals surface area contributed by atoms with Gasteiger partial charge in [0.15, 0.2) is 0 Å². The molecule has 0 spiro atoms. The Labute approximate surface area is 213 Å². The SMILES string of the molecule is COc1ccc(C(=O)OC(=O)c2occ(-c3ccccc3)c2-c2ccccc2)c(C(=O)NN)c1C(F)(F)F. The van der Waals surface area contributed by atoms with Crippen LogP contribution in [0.25, 0.3) is 22.3 Å². The first-order valence-corrected chi connectivity index (χ1v) is 10.9. The van der Waals surface area contributed by atoms with Gasteiger partial charge in [-0.25, -0.2) is 15.4 Å². The molecule has 1 heterocycles. The average molecular weight is 524 g/mol. The summed E-state index contributed by atoms with van der Waals surface area (Å²) in [5, 5.41) is 0. The number of halogens is 3. The third-order valence-electron chi connectivity index (χ3n) is 5.56. The molecule has 1 amide bonds. The molecule has 0 radical (unpaired) electrons. The summed E-state index contributed by atoms with van der Waals surface area (Å²) in [6.07, 6.45) is -3.80. The lowest BCUT2D eigenvalue weighted by molar-refractivity contribution is -0.139. The van der Waals surface area contributed by atoms with E-state index >= 15 is 0 Å². The molecular formula is C27H19F3N2O6. The Morgan fingerprint density at radius 3 is 2.03 bits per heavy atom. The normalized spacial score (nSPS) is 11.1. The van der Waals surface area contributed by atoms with Crippen molar-refractivity contribution in [2.75, 3.05) is 7.11 Å². The summed E-state index contributed by atoms with van der Waals surface area (Å²) < 4.78 is 56.6. The minimum Gasteiger partial charge on any atom is -0.496 e. The predicted octanol–water partition coefficient (Wildman–Crippen LogP) is 5.24. The summed E-state index contributed by atoms with van der Waals surface area (Å²) in [6.45, 7) is 0. The van der Waals surface area contributed by atoms with Crippen molar-refractivity contribution in [3.05, 3.63) is 102 Å². The first-order chi connectivity index (χ1) is 18.2. The molecule has 8 nitrogen and oxygen atoms in total. The molecule has 0 aliphatic heterocycles. The number of nitrogen functional groups attached to an aromatic ring is 1. The fraction of sp³-hybridized carbons (Fsp3) is 0.0741. The van der Waals surface area contributed by atoms with Gasteiger partial charge < -0.3 is 13.9 Å². The van der Waals surface area contributed by atoms with E-state index in [2.05, 4.69) is 0 Å². The number of methoxy groups -OCH3 is 1. The third-order valence-corrected chi connectivity index (χ3v) is 5.56. The fourth-order valence-electron chi connectivity index (χ4n) is 3.93. The number of hydrazine groups is 1. The first kappa shape index (κ1) is 26.2. The molecule has 0 aliphatic carbocycles. The number of carbonyl (C=O) groups excluding carboxylic acids is 3. The number of hydrogen-bond acceptors (Lipinski definition) is 7. The van der Waals surface area contributed by atoms with Crippen LogP contribution >= 0.6 is 0 Å². The van der Waals surface area contributed by atoms with Gasteiger partial charge in [0.2, 0.25) is 5.76 Å². The maximum absolute atomic E-state index is 13.8. The van der Waals surface area contributed by atoms with Crippen LogP contribution in [0.15, 0.2) is 83.5 Å². The standard InChI is InChI=1S/C27H19F3N2O6/c1-36-19-13-12-17(21(24(33)32-31)22(19)27(28,29)30)25(34)38-26(35)23-20(16-10-6-3-7-11-16)18(14-37-23)15-8-4-2-5-9-15/h2-14H,31H2,1H3,(H,32,33). The molecule has 0 unspecified atom stereocenters. The predicted molar refractivity (Wildman–Crippen MR) is 129 cm³/mol. The second-order valence-corrected chi connectivity index (χ2v) is 7.80. The van der Waals surface area contributed by atoms with E-state index in [9.17, 15) is 27.6 Å². The van der Waals surface area contributed by atoms with Crippen molar-refractivity contribution in [1.82, 2.24) is 5.43 Å². The number of amides is 1. The molecule has 0 fully saturated rings. The summed E-state index contributed by atoms with van der Waals surface area (Å²) in [5.41, 5.74) is 0.0827. The highest BCUT2D eigenvalue weighted by Gasteiger charge is 2.42. The van der Waals surface area contributed by atoms with Crippen molar-refractivity contribution in [2.24, 2.45) is 5.84 Å². The largest absolute Gasteiger partial charge is 0.496 e. The lowest BCUT2D eigenvalue weighted by atomic mass is 9.96. The lowest BCUT2D eigenvalue weighted by Crippen LogP contribution is -2.34. The van der Waals surface area contributed by atoms with Crippen molar-refractivity contribution in [3.8, 4) is 28.0 Å². The Balaban J connectivity index is 1.79. The molecule has 3 aromatic carbocycles. The first-order valence-electron chi connectivity index (χ1n) is 10.9.